The molecular weight excluding hydrogens is 344 g/mol. The number of phenols is 1. The van der Waals surface area contributed by atoms with Crippen LogP contribution in [0.4, 0.5) is 5.69 Å². The summed E-state index contributed by atoms with van der Waals surface area (Å²) in [5.74, 6) is -0.0860. The molecular formula is C18H15ClN2O2S. The molecule has 2 aromatic carbocycles. The normalized spacial score (nSPS) is 18.0. The third-order valence-corrected chi connectivity index (χ3v) is 4.83. The smallest absolute Gasteiger partial charge is 0.266 e. The van der Waals surface area contributed by atoms with E-state index in [-0.39, 0.29) is 11.7 Å². The van der Waals surface area contributed by atoms with Crippen LogP contribution in [-0.2, 0) is 4.79 Å². The molecule has 0 radical (unpaired) electrons. The first kappa shape index (κ1) is 16.6. The molecule has 1 heterocycles. The van der Waals surface area contributed by atoms with Crippen LogP contribution in [-0.4, -0.2) is 28.1 Å². The van der Waals surface area contributed by atoms with Crippen molar-refractivity contribution < 1.29 is 9.90 Å². The van der Waals surface area contributed by atoms with E-state index < -0.39 is 0 Å². The van der Waals surface area contributed by atoms with Crippen LogP contribution in [0.3, 0.4) is 0 Å². The lowest BCUT2D eigenvalue weighted by Gasteiger charge is -2.07. The van der Waals surface area contributed by atoms with E-state index in [9.17, 15) is 9.90 Å². The topological polar surface area (TPSA) is 52.9 Å². The summed E-state index contributed by atoms with van der Waals surface area (Å²) in [4.78, 5) is 18.9. The van der Waals surface area contributed by atoms with Gasteiger partial charge in [0.15, 0.2) is 5.17 Å². The van der Waals surface area contributed by atoms with Gasteiger partial charge in [-0.15, -0.1) is 0 Å². The van der Waals surface area contributed by atoms with Crippen molar-refractivity contribution in [1.82, 2.24) is 4.90 Å². The van der Waals surface area contributed by atoms with Crippen LogP contribution < -0.4 is 0 Å². The summed E-state index contributed by atoms with van der Waals surface area (Å²) < 4.78 is 0. The number of phenolic OH excluding ortho intramolecular Hbond substituents is 1. The predicted molar refractivity (Wildman–Crippen MR) is 99.7 cm³/mol. The third-order valence-electron chi connectivity index (χ3n) is 3.54. The number of likely N-dealkylation sites (N-methyl/N-ethyl adjacent to an activating group) is 1. The van der Waals surface area contributed by atoms with E-state index in [0.29, 0.717) is 20.7 Å². The van der Waals surface area contributed by atoms with E-state index in [1.165, 1.54) is 22.7 Å². The van der Waals surface area contributed by atoms with Crippen molar-refractivity contribution in [2.24, 2.45) is 4.99 Å². The zero-order chi connectivity index (χ0) is 17.3. The summed E-state index contributed by atoms with van der Waals surface area (Å²) >= 11 is 7.22. The van der Waals surface area contributed by atoms with Crippen LogP contribution in [0.25, 0.3) is 6.08 Å². The van der Waals surface area contributed by atoms with Crippen molar-refractivity contribution in [3.05, 3.63) is 63.5 Å². The fourth-order valence-corrected chi connectivity index (χ4v) is 3.32. The van der Waals surface area contributed by atoms with Gasteiger partial charge in [0, 0.05) is 17.6 Å². The van der Waals surface area contributed by atoms with Crippen LogP contribution in [0.2, 0.25) is 5.02 Å². The van der Waals surface area contributed by atoms with E-state index in [1.807, 2.05) is 31.2 Å². The minimum absolute atomic E-state index is 0.0758. The zero-order valence-corrected chi connectivity index (χ0v) is 14.7. The van der Waals surface area contributed by atoms with Crippen molar-refractivity contribution in [2.45, 2.75) is 6.92 Å². The molecule has 0 spiro atoms. The summed E-state index contributed by atoms with van der Waals surface area (Å²) in [6, 6.07) is 12.5. The average Bonchev–Trinajstić information content (AvgIpc) is 2.81. The molecule has 0 aliphatic carbocycles. The number of nitrogens with zero attached hydrogens (tertiary/aromatic N) is 2. The first-order valence-corrected chi connectivity index (χ1v) is 8.45. The number of benzene rings is 2. The number of aliphatic imine (C=N–C) groups is 1. The van der Waals surface area contributed by atoms with Crippen molar-refractivity contribution in [1.29, 1.82) is 0 Å². The van der Waals surface area contributed by atoms with E-state index in [0.717, 1.165) is 11.3 Å². The molecule has 2 aromatic rings. The quantitative estimate of drug-likeness (QED) is 0.799. The molecule has 1 fully saturated rings. The number of hydrogen-bond donors (Lipinski definition) is 1. The molecule has 0 bridgehead atoms. The van der Waals surface area contributed by atoms with Gasteiger partial charge in [0.25, 0.3) is 5.91 Å². The molecule has 4 nitrogen and oxygen atoms in total. The first-order chi connectivity index (χ1) is 11.4. The average molecular weight is 359 g/mol. The van der Waals surface area contributed by atoms with Crippen molar-refractivity contribution in [3.63, 3.8) is 0 Å². The molecule has 1 aliphatic heterocycles. The summed E-state index contributed by atoms with van der Waals surface area (Å²) in [6.45, 7) is 2.01. The maximum Gasteiger partial charge on any atom is 0.266 e. The molecule has 0 saturated carbocycles. The number of rotatable bonds is 2. The standard InChI is InChI=1S/C18H15ClN2O2S/c1-11-3-6-14(7-4-11)20-18-21(2)17(23)16(24-18)10-12-9-13(19)5-8-15(12)22/h3-10,22H,1-2H3/b16-10+,20-18?. The van der Waals surface area contributed by atoms with Crippen molar-refractivity contribution >= 4 is 46.2 Å². The first-order valence-electron chi connectivity index (χ1n) is 7.25. The largest absolute Gasteiger partial charge is 0.507 e. The Morgan fingerprint density at radius 2 is 1.92 bits per heavy atom. The van der Waals surface area contributed by atoms with E-state index in [4.69, 9.17) is 11.6 Å². The number of amidine groups is 1. The van der Waals surface area contributed by atoms with Gasteiger partial charge in [-0.3, -0.25) is 9.69 Å². The highest BCUT2D eigenvalue weighted by Crippen LogP contribution is 2.35. The van der Waals surface area contributed by atoms with Crippen LogP contribution in [0.15, 0.2) is 52.4 Å². The van der Waals surface area contributed by atoms with Gasteiger partial charge in [0.2, 0.25) is 0 Å². The predicted octanol–water partition coefficient (Wildman–Crippen LogP) is 4.59. The number of aryl methyl sites for hydroxylation is 1. The summed E-state index contributed by atoms with van der Waals surface area (Å²) in [6.07, 6.45) is 1.63. The van der Waals surface area contributed by atoms with Crippen LogP contribution >= 0.6 is 23.4 Å². The van der Waals surface area contributed by atoms with Gasteiger partial charge in [-0.25, -0.2) is 4.99 Å². The molecule has 122 valence electrons. The highest BCUT2D eigenvalue weighted by molar-refractivity contribution is 8.18. The Morgan fingerprint density at radius 3 is 2.62 bits per heavy atom. The lowest BCUT2D eigenvalue weighted by atomic mass is 10.2. The van der Waals surface area contributed by atoms with E-state index in [1.54, 1.807) is 25.3 Å². The molecule has 0 aromatic heterocycles. The van der Waals surface area contributed by atoms with Crippen LogP contribution in [0.5, 0.6) is 5.75 Å². The van der Waals surface area contributed by atoms with Gasteiger partial charge in [-0.05, 0) is 55.1 Å². The highest BCUT2D eigenvalue weighted by Gasteiger charge is 2.30. The Kier molecular flexibility index (Phi) is 4.64. The molecule has 0 atom stereocenters. The Morgan fingerprint density at radius 1 is 1.21 bits per heavy atom. The molecule has 1 N–H and O–H groups in total. The maximum atomic E-state index is 12.4. The zero-order valence-electron chi connectivity index (χ0n) is 13.2. The maximum absolute atomic E-state index is 12.4. The SMILES string of the molecule is Cc1ccc(N=C2S/C(=C/c3cc(Cl)ccc3O)C(=O)N2C)cc1. The summed E-state index contributed by atoms with van der Waals surface area (Å²) in [7, 11) is 1.68. The molecule has 24 heavy (non-hydrogen) atoms. The Labute approximate surface area is 149 Å². The fourth-order valence-electron chi connectivity index (χ4n) is 2.16. The monoisotopic (exact) mass is 358 g/mol. The minimum Gasteiger partial charge on any atom is -0.507 e. The Bertz CT molecular complexity index is 860. The number of carbonyl (C=O) groups is 1. The number of aromatic hydroxyl groups is 1. The fraction of sp³-hybridized carbons (Fsp3) is 0.111. The van der Waals surface area contributed by atoms with Crippen LogP contribution in [0, 0.1) is 6.92 Å². The molecule has 1 aliphatic rings. The highest BCUT2D eigenvalue weighted by atomic mass is 35.5. The summed E-state index contributed by atoms with van der Waals surface area (Å²) in [5, 5.41) is 11.0. The second-order valence-corrected chi connectivity index (χ2v) is 6.85. The number of carbonyl (C=O) groups excluding carboxylic acids is 1. The van der Waals surface area contributed by atoms with Crippen LogP contribution in [0.1, 0.15) is 11.1 Å². The van der Waals surface area contributed by atoms with E-state index in [2.05, 4.69) is 4.99 Å². The van der Waals surface area contributed by atoms with E-state index >= 15 is 0 Å². The molecule has 1 amide bonds. The second-order valence-electron chi connectivity index (χ2n) is 5.41. The van der Waals surface area contributed by atoms with Gasteiger partial charge in [0.05, 0.1) is 10.6 Å². The van der Waals surface area contributed by atoms with Gasteiger partial charge >= 0.3 is 0 Å². The number of thioether (sulfide) groups is 1. The third kappa shape index (κ3) is 3.47. The Balaban J connectivity index is 1.92. The lowest BCUT2D eigenvalue weighted by Crippen LogP contribution is -2.23. The lowest BCUT2D eigenvalue weighted by molar-refractivity contribution is -0.121. The van der Waals surface area contributed by atoms with Crippen molar-refractivity contribution in [2.75, 3.05) is 7.05 Å². The van der Waals surface area contributed by atoms with Gasteiger partial charge in [-0.2, -0.15) is 0 Å². The molecule has 0 unspecified atom stereocenters. The molecule has 1 saturated heterocycles. The molecule has 3 rings (SSSR count). The summed E-state index contributed by atoms with van der Waals surface area (Å²) in [5.41, 5.74) is 2.44. The van der Waals surface area contributed by atoms with Gasteiger partial charge < -0.3 is 5.11 Å². The Hall–Kier alpha value is -2.24. The molecule has 6 heteroatoms. The van der Waals surface area contributed by atoms with Gasteiger partial charge in [-0.1, -0.05) is 29.3 Å². The number of hydrogen-bond acceptors (Lipinski definition) is 4. The van der Waals surface area contributed by atoms with Gasteiger partial charge in [0.1, 0.15) is 5.75 Å². The van der Waals surface area contributed by atoms with Crippen molar-refractivity contribution in [3.8, 4) is 5.75 Å². The second kappa shape index (κ2) is 6.71. The number of amides is 1. The minimum atomic E-state index is -0.162. The number of halogens is 1.